The van der Waals surface area contributed by atoms with E-state index in [4.69, 9.17) is 0 Å². The third-order valence-electron chi connectivity index (χ3n) is 8.02. The van der Waals surface area contributed by atoms with E-state index in [9.17, 15) is 0 Å². The fourth-order valence-electron chi connectivity index (χ4n) is 6.41. The summed E-state index contributed by atoms with van der Waals surface area (Å²) in [5.74, 6) is 0. The van der Waals surface area contributed by atoms with Crippen LogP contribution in [-0.2, 0) is 0 Å². The second-order valence-corrected chi connectivity index (χ2v) is 10.2. The topological polar surface area (TPSA) is 6.48 Å². The highest BCUT2D eigenvalue weighted by molar-refractivity contribution is 7.00. The molecule has 0 radical (unpaired) electrons. The van der Waals surface area contributed by atoms with Crippen molar-refractivity contribution in [2.24, 2.45) is 0 Å². The molecule has 6 aromatic carbocycles. The smallest absolute Gasteiger partial charge is 0.252 e. The summed E-state index contributed by atoms with van der Waals surface area (Å²) in [7, 11) is 0. The molecule has 0 fully saturated rings. The van der Waals surface area contributed by atoms with E-state index in [1.165, 1.54) is 61.6 Å². The fraction of sp³-hybridized carbons (Fsp3) is 0. The average molecular weight is 496 g/mol. The number of fused-ring (bicyclic) bond motifs is 4. The van der Waals surface area contributed by atoms with Crippen LogP contribution in [0.5, 0.6) is 0 Å². The average Bonchev–Trinajstić information content (AvgIpc) is 3.02. The van der Waals surface area contributed by atoms with Gasteiger partial charge in [-0.1, -0.05) is 103 Å². The van der Waals surface area contributed by atoms with Crippen LogP contribution >= 0.6 is 0 Å². The molecule has 8 rings (SSSR count). The molecule has 0 atom stereocenters. The fourth-order valence-corrected chi connectivity index (χ4v) is 6.41. The summed E-state index contributed by atoms with van der Waals surface area (Å²) in [6.07, 6.45) is 0. The Bertz CT molecular complexity index is 1700. The van der Waals surface area contributed by atoms with Crippen molar-refractivity contribution in [3.05, 3.63) is 152 Å². The van der Waals surface area contributed by atoms with Crippen LogP contribution in [0, 0.1) is 0 Å². The Morgan fingerprint density at radius 2 is 0.769 bits per heavy atom. The van der Waals surface area contributed by atoms with Crippen LogP contribution in [0.25, 0.3) is 11.1 Å². The van der Waals surface area contributed by atoms with Crippen molar-refractivity contribution >= 4 is 57.2 Å². The first-order valence-electron chi connectivity index (χ1n) is 13.5. The van der Waals surface area contributed by atoms with E-state index < -0.39 is 0 Å². The van der Waals surface area contributed by atoms with Gasteiger partial charge in [0.25, 0.3) is 6.71 Å². The normalized spacial score (nSPS) is 13.0. The molecule has 0 bridgehead atoms. The molecule has 182 valence electrons. The molecule has 0 saturated heterocycles. The molecule has 0 aromatic heterocycles. The summed E-state index contributed by atoms with van der Waals surface area (Å²) in [6.45, 7) is 0.146. The Hall–Kier alpha value is -5.02. The van der Waals surface area contributed by atoms with Gasteiger partial charge in [-0.15, -0.1) is 0 Å². The Morgan fingerprint density at radius 3 is 1.26 bits per heavy atom. The van der Waals surface area contributed by atoms with E-state index in [-0.39, 0.29) is 6.71 Å². The summed E-state index contributed by atoms with van der Waals surface area (Å²) in [6, 6.07) is 54.9. The van der Waals surface area contributed by atoms with Crippen LogP contribution in [0.15, 0.2) is 152 Å². The number of para-hydroxylation sites is 4. The van der Waals surface area contributed by atoms with Crippen molar-refractivity contribution in [2.75, 3.05) is 9.80 Å². The van der Waals surface area contributed by atoms with Crippen molar-refractivity contribution in [2.45, 2.75) is 0 Å². The molecule has 0 saturated carbocycles. The minimum atomic E-state index is 0.146. The molecule has 2 nitrogen and oxygen atoms in total. The molecule has 39 heavy (non-hydrogen) atoms. The summed E-state index contributed by atoms with van der Waals surface area (Å²) >= 11 is 0. The summed E-state index contributed by atoms with van der Waals surface area (Å²) < 4.78 is 0. The minimum Gasteiger partial charge on any atom is -0.311 e. The molecule has 2 aliphatic heterocycles. The lowest BCUT2D eigenvalue weighted by Gasteiger charge is -2.44. The molecule has 6 aromatic rings. The van der Waals surface area contributed by atoms with Crippen molar-refractivity contribution in [1.29, 1.82) is 0 Å². The highest BCUT2D eigenvalue weighted by Gasteiger charge is 2.43. The molecule has 2 heterocycles. The summed E-state index contributed by atoms with van der Waals surface area (Å²) in [5, 5.41) is 0. The lowest BCUT2D eigenvalue weighted by atomic mass is 9.33. The van der Waals surface area contributed by atoms with Crippen molar-refractivity contribution in [3.8, 4) is 11.1 Å². The van der Waals surface area contributed by atoms with E-state index in [0.29, 0.717) is 0 Å². The van der Waals surface area contributed by atoms with E-state index in [2.05, 4.69) is 161 Å². The largest absolute Gasteiger partial charge is 0.311 e. The van der Waals surface area contributed by atoms with E-state index >= 15 is 0 Å². The number of anilines is 6. The maximum atomic E-state index is 2.45. The third kappa shape index (κ3) is 3.37. The molecule has 0 N–H and O–H groups in total. The summed E-state index contributed by atoms with van der Waals surface area (Å²) in [5.41, 5.74) is 13.7. The van der Waals surface area contributed by atoms with Crippen LogP contribution in [0.2, 0.25) is 0 Å². The molecule has 0 spiro atoms. The molecule has 2 aliphatic rings. The lowest BCUT2D eigenvalue weighted by molar-refractivity contribution is 1.25. The lowest BCUT2D eigenvalue weighted by Crippen LogP contribution is -2.61. The second kappa shape index (κ2) is 8.78. The number of hydrogen-bond donors (Lipinski definition) is 0. The Balaban J connectivity index is 1.51. The molecule has 0 amide bonds. The van der Waals surface area contributed by atoms with Crippen molar-refractivity contribution < 1.29 is 0 Å². The molecule has 0 unspecified atom stereocenters. The van der Waals surface area contributed by atoms with E-state index in [1.807, 2.05) is 0 Å². The molecular weight excluding hydrogens is 471 g/mol. The van der Waals surface area contributed by atoms with Gasteiger partial charge < -0.3 is 9.80 Å². The van der Waals surface area contributed by atoms with Gasteiger partial charge in [-0.2, -0.15) is 0 Å². The highest BCUT2D eigenvalue weighted by Crippen LogP contribution is 2.45. The molecular formula is C36H25BN2. The first-order valence-corrected chi connectivity index (χ1v) is 13.5. The van der Waals surface area contributed by atoms with E-state index in [1.54, 1.807) is 0 Å². The predicted octanol–water partition coefficient (Wildman–Crippen LogP) is 7.44. The van der Waals surface area contributed by atoms with Gasteiger partial charge in [0, 0.05) is 34.1 Å². The van der Waals surface area contributed by atoms with Gasteiger partial charge in [-0.3, -0.25) is 0 Å². The maximum Gasteiger partial charge on any atom is 0.252 e. The number of benzene rings is 6. The zero-order valence-corrected chi connectivity index (χ0v) is 21.4. The zero-order chi connectivity index (χ0) is 25.8. The zero-order valence-electron chi connectivity index (χ0n) is 21.4. The van der Waals surface area contributed by atoms with Gasteiger partial charge in [-0.05, 0) is 76.0 Å². The number of hydrogen-bond acceptors (Lipinski definition) is 2. The quantitative estimate of drug-likeness (QED) is 0.235. The number of rotatable bonds is 3. The van der Waals surface area contributed by atoms with Crippen LogP contribution in [0.1, 0.15) is 0 Å². The SMILES string of the molecule is c1ccc(-c2cc3c4c(c2)N(c2ccccc2)c2ccccc2B4c2ccccc2N3c2ccccc2)cc1. The first kappa shape index (κ1) is 22.0. The third-order valence-corrected chi connectivity index (χ3v) is 8.02. The van der Waals surface area contributed by atoms with Gasteiger partial charge in [-0.25, -0.2) is 0 Å². The van der Waals surface area contributed by atoms with Crippen LogP contribution in [0.4, 0.5) is 34.1 Å². The maximum absolute atomic E-state index is 2.45. The van der Waals surface area contributed by atoms with Gasteiger partial charge in [0.15, 0.2) is 0 Å². The van der Waals surface area contributed by atoms with Gasteiger partial charge in [0.2, 0.25) is 0 Å². The van der Waals surface area contributed by atoms with Crippen LogP contribution in [-0.4, -0.2) is 6.71 Å². The Labute approximate surface area is 229 Å². The van der Waals surface area contributed by atoms with Gasteiger partial charge >= 0.3 is 0 Å². The predicted molar refractivity (Wildman–Crippen MR) is 166 cm³/mol. The molecule has 0 aliphatic carbocycles. The Kier molecular flexibility index (Phi) is 4.96. The monoisotopic (exact) mass is 496 g/mol. The minimum absolute atomic E-state index is 0.146. The standard InChI is InChI=1S/C36H25BN2/c1-4-14-26(15-5-1)27-24-34-36-35(25-27)39(29-18-8-3-9-19-29)33-23-13-11-21-31(33)37(36)30-20-10-12-22-32(30)38(34)28-16-6-2-7-17-28/h1-25H. The van der Waals surface area contributed by atoms with Crippen LogP contribution < -0.4 is 26.2 Å². The number of nitrogens with zero attached hydrogens (tertiary/aromatic N) is 2. The van der Waals surface area contributed by atoms with Gasteiger partial charge in [0.1, 0.15) is 0 Å². The van der Waals surface area contributed by atoms with Crippen molar-refractivity contribution in [3.63, 3.8) is 0 Å². The first-order chi connectivity index (χ1) is 19.4. The van der Waals surface area contributed by atoms with Crippen LogP contribution in [0.3, 0.4) is 0 Å². The van der Waals surface area contributed by atoms with E-state index in [0.717, 1.165) is 0 Å². The van der Waals surface area contributed by atoms with Gasteiger partial charge in [0.05, 0.1) is 0 Å². The highest BCUT2D eigenvalue weighted by atomic mass is 15.2. The summed E-state index contributed by atoms with van der Waals surface area (Å²) in [4.78, 5) is 4.91. The molecule has 3 heteroatoms. The Morgan fingerprint density at radius 1 is 0.359 bits per heavy atom. The second-order valence-electron chi connectivity index (χ2n) is 10.2. The van der Waals surface area contributed by atoms with Crippen molar-refractivity contribution in [1.82, 2.24) is 0 Å².